The molecule has 0 atom stereocenters. The van der Waals surface area contributed by atoms with Gasteiger partial charge in [0.1, 0.15) is 0 Å². The molecule has 0 rings (SSSR count). The van der Waals surface area contributed by atoms with Crippen LogP contribution in [-0.4, -0.2) is 10.1 Å². The first kappa shape index (κ1) is 16.0. The minimum atomic E-state index is -4.69. The number of rotatable bonds is 0. The third-order valence-electron chi connectivity index (χ3n) is 0. The van der Waals surface area contributed by atoms with E-state index < -0.39 is 10.2 Å². The highest BCUT2D eigenvalue weighted by Gasteiger charge is 1.98. The Balaban J connectivity index is -0.0000000800. The maximum absolute atomic E-state index is 8.60. The van der Waals surface area contributed by atoms with Crippen LogP contribution < -0.4 is 31.2 Å². The van der Waals surface area contributed by atoms with Crippen LogP contribution in [0.3, 0.4) is 0 Å². The van der Waals surface area contributed by atoms with Gasteiger partial charge in [-0.2, -0.15) is 19.5 Å². The Kier molecular flexibility index (Phi) is 14.2. The van der Waals surface area contributed by atoms with Crippen LogP contribution in [-0.2, 0) is 0 Å². The van der Waals surface area contributed by atoms with E-state index in [4.69, 9.17) is 18.6 Å². The Hall–Kier alpha value is -0.0300. The molecular formula is H8ClN3O5. The van der Waals surface area contributed by atoms with Gasteiger partial charge in [-0.1, -0.05) is 0 Å². The fourth-order valence-electron chi connectivity index (χ4n) is 0. The largest absolute Gasteiger partial charge is 0.412 e. The zero-order valence-corrected chi connectivity index (χ0v) is 4.96. The summed E-state index contributed by atoms with van der Waals surface area (Å²) >= 11 is 0. The molecule has 9 heteroatoms. The molecule has 0 fully saturated rings. The third-order valence-corrected chi connectivity index (χ3v) is 0. The van der Waals surface area contributed by atoms with Crippen molar-refractivity contribution in [3.63, 3.8) is 0 Å². The number of nitrogens with two attached hydrogens (primary N) is 2. The minimum Gasteiger partial charge on any atom is -0.412 e. The van der Waals surface area contributed by atoms with Crippen molar-refractivity contribution in [3.8, 4) is 0 Å². The summed E-state index contributed by atoms with van der Waals surface area (Å²) in [7, 11) is -4.69. The molecule has 0 aliphatic heterocycles. The molecule has 8 N–H and O–H groups in total. The number of halogens is 1. The lowest BCUT2D eigenvalue weighted by Crippen LogP contribution is -2.58. The van der Waals surface area contributed by atoms with Crippen molar-refractivity contribution >= 4 is 0 Å². The van der Waals surface area contributed by atoms with Crippen molar-refractivity contribution in [3.05, 3.63) is 0 Å². The minimum absolute atomic E-state index is 0. The second-order valence-corrected chi connectivity index (χ2v) is 1.35. The molecule has 0 aliphatic carbocycles. The number of nitrogens with one attached hydrogen (secondary N) is 1. The highest BCUT2D eigenvalue weighted by molar-refractivity contribution is 3.63. The molecule has 0 spiro atoms. The SMILES string of the molecule is NNN.O.[O-][Cl+3]([O-])([O-])O. The molecular weight excluding hydrogens is 157 g/mol. The molecule has 0 bridgehead atoms. The fourth-order valence-corrected chi connectivity index (χ4v) is 0. The molecule has 0 radical (unpaired) electrons. The second kappa shape index (κ2) is 7.97. The zero-order valence-electron chi connectivity index (χ0n) is 4.20. The van der Waals surface area contributed by atoms with Gasteiger partial charge in [-0.05, 0) is 0 Å². The van der Waals surface area contributed by atoms with Crippen LogP contribution in [0.5, 0.6) is 0 Å². The molecule has 8 nitrogen and oxygen atoms in total. The molecule has 0 aliphatic rings. The van der Waals surface area contributed by atoms with Gasteiger partial charge >= 0.3 is 0 Å². The topological polar surface area (TPSA) is 185 Å². The van der Waals surface area contributed by atoms with Gasteiger partial charge < -0.3 is 5.48 Å². The van der Waals surface area contributed by atoms with E-state index in [9.17, 15) is 0 Å². The van der Waals surface area contributed by atoms with Gasteiger partial charge in [-0.15, -0.1) is 0 Å². The molecule has 9 heavy (non-hydrogen) atoms. The van der Waals surface area contributed by atoms with Crippen molar-refractivity contribution in [1.82, 2.24) is 5.53 Å². The Morgan fingerprint density at radius 1 is 1.22 bits per heavy atom. The first-order valence-electron chi connectivity index (χ1n) is 1.21. The summed E-state index contributed by atoms with van der Waals surface area (Å²) in [5, 5.41) is 0. The van der Waals surface area contributed by atoms with Crippen LogP contribution in [0.4, 0.5) is 0 Å². The predicted molar refractivity (Wildman–Crippen MR) is 17.3 cm³/mol. The smallest absolute Gasteiger partial charge is 0.0777 e. The number of hydrogen-bond donors (Lipinski definition) is 4. The number of hydrogen-bond acceptors (Lipinski definition) is 7. The van der Waals surface area contributed by atoms with Crippen molar-refractivity contribution in [2.45, 2.75) is 0 Å². The summed E-state index contributed by atoms with van der Waals surface area (Å²) in [5.74, 6) is 8.75. The maximum Gasteiger partial charge on any atom is 0.0777 e. The third kappa shape index (κ3) is 316000. The van der Waals surface area contributed by atoms with Gasteiger partial charge in [0.05, 0.1) is 14.9 Å². The van der Waals surface area contributed by atoms with Gasteiger partial charge in [-0.25, -0.2) is 0 Å². The van der Waals surface area contributed by atoms with Crippen molar-refractivity contribution in [1.29, 1.82) is 0 Å². The Bertz CT molecular complexity index is 36.0. The van der Waals surface area contributed by atoms with Crippen molar-refractivity contribution < 1.29 is 34.4 Å². The van der Waals surface area contributed by atoms with Crippen LogP contribution in [0.2, 0.25) is 0 Å². The van der Waals surface area contributed by atoms with Crippen LogP contribution in [0.15, 0.2) is 0 Å². The van der Waals surface area contributed by atoms with Gasteiger partial charge in [0, 0.05) is 0 Å². The molecule has 0 heterocycles. The lowest BCUT2D eigenvalue weighted by molar-refractivity contribution is -1.92. The van der Waals surface area contributed by atoms with E-state index >= 15 is 0 Å². The first-order valence-corrected chi connectivity index (χ1v) is 2.47. The molecule has 0 aromatic heterocycles. The standard InChI is InChI=1S/ClHO4.H5N3.H2O/c2-1(3,4)5;1-3-2;/h(H,2,3,4,5);3H,1-2H2;1H2. The van der Waals surface area contributed by atoms with Gasteiger partial charge in [-0.3, -0.25) is 11.7 Å². The van der Waals surface area contributed by atoms with Crippen molar-refractivity contribution in [2.75, 3.05) is 0 Å². The quantitative estimate of drug-likeness (QED) is 0.203. The molecule has 60 valence electrons. The molecule has 0 amide bonds. The van der Waals surface area contributed by atoms with Gasteiger partial charge in [0.2, 0.25) is 0 Å². The highest BCUT2D eigenvalue weighted by atomic mass is 35.7. The van der Waals surface area contributed by atoms with E-state index in [2.05, 4.69) is 11.7 Å². The highest BCUT2D eigenvalue weighted by Crippen LogP contribution is 1.60. The van der Waals surface area contributed by atoms with E-state index in [1.807, 2.05) is 0 Å². The van der Waals surface area contributed by atoms with E-state index in [1.165, 1.54) is 0 Å². The lowest BCUT2D eigenvalue weighted by atomic mass is 12.6. The molecule has 0 saturated heterocycles. The molecule has 0 aromatic rings. The second-order valence-electron chi connectivity index (χ2n) is 0.563. The summed E-state index contributed by atoms with van der Waals surface area (Å²) < 4.78 is 32.7. The monoisotopic (exact) mass is 165 g/mol. The summed E-state index contributed by atoms with van der Waals surface area (Å²) in [5.41, 5.74) is 1.75. The average Bonchev–Trinajstić information content (AvgIpc) is 1.27. The van der Waals surface area contributed by atoms with Crippen molar-refractivity contribution in [2.24, 2.45) is 11.7 Å². The van der Waals surface area contributed by atoms with E-state index in [0.29, 0.717) is 0 Å². The summed E-state index contributed by atoms with van der Waals surface area (Å²) in [6.45, 7) is 0. The van der Waals surface area contributed by atoms with Gasteiger partial charge in [0.15, 0.2) is 0 Å². The van der Waals surface area contributed by atoms with Crippen LogP contribution >= 0.6 is 0 Å². The van der Waals surface area contributed by atoms with Crippen LogP contribution in [0.25, 0.3) is 0 Å². The number of hydrazine groups is 2. The Labute approximate surface area is 52.7 Å². The van der Waals surface area contributed by atoms with E-state index in [1.54, 1.807) is 5.53 Å². The van der Waals surface area contributed by atoms with E-state index in [0.717, 1.165) is 0 Å². The Morgan fingerprint density at radius 2 is 1.22 bits per heavy atom. The summed E-state index contributed by atoms with van der Waals surface area (Å²) in [6.07, 6.45) is 0. The molecule has 0 unspecified atom stereocenters. The van der Waals surface area contributed by atoms with E-state index in [-0.39, 0.29) is 5.48 Å². The zero-order chi connectivity index (χ0) is 7.21. The van der Waals surface area contributed by atoms with Crippen LogP contribution in [0, 0.1) is 10.2 Å². The summed E-state index contributed by atoms with van der Waals surface area (Å²) in [4.78, 5) is 0. The normalized spacial score (nSPS) is 8.67. The predicted octanol–water partition coefficient (Wildman–Crippen LogP) is -6.63. The van der Waals surface area contributed by atoms with Crippen LogP contribution in [0.1, 0.15) is 0 Å². The summed E-state index contributed by atoms with van der Waals surface area (Å²) in [6, 6.07) is 0. The lowest BCUT2D eigenvalue weighted by Gasteiger charge is -2.03. The fraction of sp³-hybridized carbons (Fsp3) is 0. The molecule has 0 saturated carbocycles. The first-order chi connectivity index (χ1) is 3.41. The average molecular weight is 166 g/mol. The van der Waals surface area contributed by atoms with Gasteiger partial charge in [0.25, 0.3) is 0 Å². The maximum atomic E-state index is 8.60. The molecule has 0 aromatic carbocycles. The Morgan fingerprint density at radius 3 is 1.22 bits per heavy atom.